The average molecular weight is 280 g/mol. The quantitative estimate of drug-likeness (QED) is 0.845. The Labute approximate surface area is 124 Å². The molecule has 3 nitrogen and oxygen atoms in total. The number of nitrogens with two attached hydrogens (primary N) is 1. The van der Waals surface area contributed by atoms with Crippen LogP contribution in [-0.4, -0.2) is 42.3 Å². The van der Waals surface area contributed by atoms with Gasteiger partial charge in [0, 0.05) is 24.7 Å². The maximum atomic E-state index is 6.51. The van der Waals surface area contributed by atoms with Crippen LogP contribution >= 0.6 is 0 Å². The van der Waals surface area contributed by atoms with Gasteiger partial charge in [-0.1, -0.05) is 26.7 Å². The van der Waals surface area contributed by atoms with Crippen LogP contribution in [0.2, 0.25) is 0 Å². The number of fused-ring (bicyclic) bond motifs is 1. The van der Waals surface area contributed by atoms with E-state index in [-0.39, 0.29) is 0 Å². The second-order valence-corrected chi connectivity index (χ2v) is 7.55. The van der Waals surface area contributed by atoms with Crippen molar-refractivity contribution in [2.45, 2.75) is 83.0 Å². The number of nitrogens with zero attached hydrogens (tertiary/aromatic N) is 1. The van der Waals surface area contributed by atoms with Gasteiger partial charge in [-0.25, -0.2) is 0 Å². The molecule has 0 aromatic heterocycles. The Morgan fingerprint density at radius 3 is 2.65 bits per heavy atom. The molecule has 3 heteroatoms. The third kappa shape index (κ3) is 2.90. The first-order valence-electron chi connectivity index (χ1n) is 8.79. The van der Waals surface area contributed by atoms with Crippen molar-refractivity contribution < 1.29 is 4.74 Å². The molecule has 1 aliphatic heterocycles. The third-order valence-corrected chi connectivity index (χ3v) is 6.05. The van der Waals surface area contributed by atoms with Crippen LogP contribution < -0.4 is 5.73 Å². The number of rotatable bonds is 2. The maximum Gasteiger partial charge on any atom is 0.0731 e. The summed E-state index contributed by atoms with van der Waals surface area (Å²) in [6, 6.07) is 1.63. The van der Waals surface area contributed by atoms with Gasteiger partial charge in [0.25, 0.3) is 0 Å². The first kappa shape index (κ1) is 14.8. The summed E-state index contributed by atoms with van der Waals surface area (Å²) in [5, 5.41) is 0. The van der Waals surface area contributed by atoms with Crippen molar-refractivity contribution in [3.8, 4) is 0 Å². The minimum atomic E-state index is 0.380. The summed E-state index contributed by atoms with van der Waals surface area (Å²) in [7, 11) is 0. The minimum Gasteiger partial charge on any atom is -0.375 e. The maximum absolute atomic E-state index is 6.51. The minimum absolute atomic E-state index is 0.380. The molecular weight excluding hydrogens is 248 g/mol. The Balaban J connectivity index is 1.71. The SMILES string of the molecule is CC(C)C1CCC(N)C(N2CCOC3CCCCC32)C1. The van der Waals surface area contributed by atoms with Crippen molar-refractivity contribution in [3.05, 3.63) is 0 Å². The molecule has 3 aliphatic rings. The van der Waals surface area contributed by atoms with Gasteiger partial charge in [0.2, 0.25) is 0 Å². The van der Waals surface area contributed by atoms with E-state index in [0.29, 0.717) is 24.2 Å². The van der Waals surface area contributed by atoms with Gasteiger partial charge in [-0.2, -0.15) is 0 Å². The fourth-order valence-electron chi connectivity index (χ4n) is 4.73. The van der Waals surface area contributed by atoms with E-state index in [4.69, 9.17) is 10.5 Å². The van der Waals surface area contributed by atoms with E-state index in [9.17, 15) is 0 Å². The summed E-state index contributed by atoms with van der Waals surface area (Å²) < 4.78 is 6.03. The monoisotopic (exact) mass is 280 g/mol. The normalized spacial score (nSPS) is 43.5. The zero-order valence-electron chi connectivity index (χ0n) is 13.3. The Hall–Kier alpha value is -0.120. The molecule has 2 N–H and O–H groups in total. The first-order valence-corrected chi connectivity index (χ1v) is 8.79. The lowest BCUT2D eigenvalue weighted by Crippen LogP contribution is -2.62. The third-order valence-electron chi connectivity index (χ3n) is 6.05. The van der Waals surface area contributed by atoms with Gasteiger partial charge in [0.05, 0.1) is 12.7 Å². The van der Waals surface area contributed by atoms with E-state index < -0.39 is 0 Å². The predicted molar refractivity (Wildman–Crippen MR) is 82.6 cm³/mol. The van der Waals surface area contributed by atoms with Gasteiger partial charge in [0.15, 0.2) is 0 Å². The average Bonchev–Trinajstić information content (AvgIpc) is 2.47. The van der Waals surface area contributed by atoms with Crippen LogP contribution in [0.25, 0.3) is 0 Å². The van der Waals surface area contributed by atoms with Crippen molar-refractivity contribution >= 4 is 0 Å². The zero-order chi connectivity index (χ0) is 14.1. The van der Waals surface area contributed by atoms with Gasteiger partial charge < -0.3 is 10.5 Å². The van der Waals surface area contributed by atoms with E-state index in [0.717, 1.165) is 25.0 Å². The van der Waals surface area contributed by atoms with Gasteiger partial charge in [-0.05, 0) is 43.9 Å². The first-order chi connectivity index (χ1) is 9.66. The van der Waals surface area contributed by atoms with E-state index in [1.54, 1.807) is 0 Å². The molecule has 2 saturated carbocycles. The molecule has 5 unspecified atom stereocenters. The highest BCUT2D eigenvalue weighted by molar-refractivity contribution is 4.97. The second kappa shape index (κ2) is 6.33. The number of morpholine rings is 1. The van der Waals surface area contributed by atoms with E-state index in [1.807, 2.05) is 0 Å². The smallest absolute Gasteiger partial charge is 0.0731 e. The fraction of sp³-hybridized carbons (Fsp3) is 1.00. The van der Waals surface area contributed by atoms with Crippen LogP contribution in [0.1, 0.15) is 58.8 Å². The summed E-state index contributed by atoms with van der Waals surface area (Å²) >= 11 is 0. The van der Waals surface area contributed by atoms with Crippen LogP contribution in [-0.2, 0) is 4.74 Å². The number of hydrogen-bond acceptors (Lipinski definition) is 3. The number of ether oxygens (including phenoxy) is 1. The Morgan fingerprint density at radius 1 is 1.05 bits per heavy atom. The molecule has 0 amide bonds. The lowest BCUT2D eigenvalue weighted by Gasteiger charge is -2.51. The molecule has 1 saturated heterocycles. The molecule has 116 valence electrons. The largest absolute Gasteiger partial charge is 0.375 e. The molecule has 0 radical (unpaired) electrons. The van der Waals surface area contributed by atoms with Crippen molar-refractivity contribution in [2.24, 2.45) is 17.6 Å². The molecule has 5 atom stereocenters. The molecule has 0 aromatic rings. The Bertz CT molecular complexity index is 318. The molecule has 1 heterocycles. The van der Waals surface area contributed by atoms with Crippen LogP contribution in [0, 0.1) is 11.8 Å². The van der Waals surface area contributed by atoms with Crippen LogP contribution in [0.4, 0.5) is 0 Å². The molecule has 3 fully saturated rings. The molecular formula is C17H32N2O. The molecule has 3 rings (SSSR count). The topological polar surface area (TPSA) is 38.5 Å². The molecule has 2 aliphatic carbocycles. The number of hydrogen-bond donors (Lipinski definition) is 1. The predicted octanol–water partition coefficient (Wildman–Crippen LogP) is 2.78. The molecule has 0 bridgehead atoms. The molecule has 0 spiro atoms. The lowest BCUT2D eigenvalue weighted by molar-refractivity contribution is -0.112. The van der Waals surface area contributed by atoms with Crippen molar-refractivity contribution in [1.29, 1.82) is 0 Å². The van der Waals surface area contributed by atoms with E-state index in [1.165, 1.54) is 44.9 Å². The summed E-state index contributed by atoms with van der Waals surface area (Å²) in [4.78, 5) is 2.76. The zero-order valence-corrected chi connectivity index (χ0v) is 13.3. The summed E-state index contributed by atoms with van der Waals surface area (Å²) in [5.74, 6) is 1.66. The van der Waals surface area contributed by atoms with Gasteiger partial charge in [0.1, 0.15) is 0 Å². The van der Waals surface area contributed by atoms with Crippen LogP contribution in [0.5, 0.6) is 0 Å². The van der Waals surface area contributed by atoms with E-state index >= 15 is 0 Å². The highest BCUT2D eigenvalue weighted by Crippen LogP contribution is 2.37. The van der Waals surface area contributed by atoms with Crippen molar-refractivity contribution in [2.75, 3.05) is 13.2 Å². The Morgan fingerprint density at radius 2 is 1.85 bits per heavy atom. The van der Waals surface area contributed by atoms with Gasteiger partial charge in [-0.3, -0.25) is 4.90 Å². The fourth-order valence-corrected chi connectivity index (χ4v) is 4.73. The molecule has 20 heavy (non-hydrogen) atoms. The second-order valence-electron chi connectivity index (χ2n) is 7.55. The van der Waals surface area contributed by atoms with Crippen LogP contribution in [0.3, 0.4) is 0 Å². The van der Waals surface area contributed by atoms with E-state index in [2.05, 4.69) is 18.7 Å². The highest BCUT2D eigenvalue weighted by atomic mass is 16.5. The lowest BCUT2D eigenvalue weighted by atomic mass is 9.75. The van der Waals surface area contributed by atoms with Crippen molar-refractivity contribution in [1.82, 2.24) is 4.90 Å². The molecule has 0 aromatic carbocycles. The highest BCUT2D eigenvalue weighted by Gasteiger charge is 2.41. The summed E-state index contributed by atoms with van der Waals surface area (Å²) in [5.41, 5.74) is 6.51. The summed E-state index contributed by atoms with van der Waals surface area (Å²) in [6.07, 6.45) is 9.63. The van der Waals surface area contributed by atoms with Gasteiger partial charge in [-0.15, -0.1) is 0 Å². The van der Waals surface area contributed by atoms with Gasteiger partial charge >= 0.3 is 0 Å². The van der Waals surface area contributed by atoms with Crippen LogP contribution in [0.15, 0.2) is 0 Å². The Kier molecular flexibility index (Phi) is 4.68. The standard InChI is InChI=1S/C17H32N2O/c1-12(2)13-7-8-14(18)16(11-13)19-9-10-20-17-6-4-3-5-15(17)19/h12-17H,3-11,18H2,1-2H3. The van der Waals surface area contributed by atoms with Crippen molar-refractivity contribution in [3.63, 3.8) is 0 Å². The summed E-state index contributed by atoms with van der Waals surface area (Å²) in [6.45, 7) is 6.77.